The second-order valence-electron chi connectivity index (χ2n) is 6.96. The number of sulfonamides is 1. The maximum absolute atomic E-state index is 12.8. The van der Waals surface area contributed by atoms with E-state index in [2.05, 4.69) is 5.32 Å². The number of hydrogen-bond donors (Lipinski definition) is 1. The molecule has 0 spiro atoms. The van der Waals surface area contributed by atoms with E-state index in [9.17, 15) is 13.2 Å². The van der Waals surface area contributed by atoms with Crippen molar-refractivity contribution in [2.24, 2.45) is 0 Å². The zero-order valence-electron chi connectivity index (χ0n) is 17.8. The number of nitrogens with zero attached hydrogens (tertiary/aromatic N) is 1. The van der Waals surface area contributed by atoms with Gasteiger partial charge in [0.05, 0.1) is 23.4 Å². The molecule has 0 saturated carbocycles. The van der Waals surface area contributed by atoms with E-state index >= 15 is 0 Å². The van der Waals surface area contributed by atoms with Gasteiger partial charge in [-0.3, -0.25) is 9.10 Å². The number of amides is 1. The molecule has 0 atom stereocenters. The fourth-order valence-corrected chi connectivity index (χ4v) is 4.24. The van der Waals surface area contributed by atoms with Gasteiger partial charge in [0.1, 0.15) is 11.5 Å². The lowest BCUT2D eigenvalue weighted by Crippen LogP contribution is -2.26. The summed E-state index contributed by atoms with van der Waals surface area (Å²) in [4.78, 5) is 12.4. The Balaban J connectivity index is 1.63. The normalized spacial score (nSPS) is 11.0. The molecule has 0 aliphatic carbocycles. The third-order valence-corrected chi connectivity index (χ3v) is 6.72. The predicted molar refractivity (Wildman–Crippen MR) is 125 cm³/mol. The Kier molecular flexibility index (Phi) is 7.27. The first-order valence-electron chi connectivity index (χ1n) is 9.62. The zero-order valence-corrected chi connectivity index (χ0v) is 19.4. The molecule has 0 fully saturated rings. The molecule has 0 aromatic heterocycles. The van der Waals surface area contributed by atoms with E-state index in [0.717, 1.165) is 5.56 Å². The Morgan fingerprint density at radius 3 is 2.31 bits per heavy atom. The zero-order chi connectivity index (χ0) is 23.3. The highest BCUT2D eigenvalue weighted by molar-refractivity contribution is 7.92. The standard InChI is InChI=1S/C23H23ClN2O5S/c1-16-4-11-20(12-5-16)32(28,29)26(2)18-7-9-19(10-8-18)31-15-23(27)25-21-14-17(24)6-13-22(21)30-3/h4-14H,15H2,1-3H3,(H,25,27). The summed E-state index contributed by atoms with van der Waals surface area (Å²) in [6, 6.07) is 18.0. The molecule has 0 aliphatic rings. The molecule has 32 heavy (non-hydrogen) atoms. The summed E-state index contributed by atoms with van der Waals surface area (Å²) in [6.45, 7) is 1.65. The molecule has 0 saturated heterocycles. The second kappa shape index (κ2) is 9.93. The van der Waals surface area contributed by atoms with E-state index < -0.39 is 15.9 Å². The molecule has 3 rings (SSSR count). The summed E-state index contributed by atoms with van der Waals surface area (Å²) in [6.07, 6.45) is 0. The van der Waals surface area contributed by atoms with Gasteiger partial charge < -0.3 is 14.8 Å². The third-order valence-electron chi connectivity index (χ3n) is 4.69. The number of nitrogens with one attached hydrogen (secondary N) is 1. The fraction of sp³-hybridized carbons (Fsp3) is 0.174. The Hall–Kier alpha value is -3.23. The van der Waals surface area contributed by atoms with Crippen molar-refractivity contribution in [1.82, 2.24) is 0 Å². The van der Waals surface area contributed by atoms with E-state index in [1.54, 1.807) is 66.7 Å². The maximum atomic E-state index is 12.8. The summed E-state index contributed by atoms with van der Waals surface area (Å²) >= 11 is 5.96. The monoisotopic (exact) mass is 474 g/mol. The Morgan fingerprint density at radius 1 is 1.03 bits per heavy atom. The molecule has 3 aromatic rings. The van der Waals surface area contributed by atoms with Crippen molar-refractivity contribution in [3.63, 3.8) is 0 Å². The molecular formula is C23H23ClN2O5S. The van der Waals surface area contributed by atoms with Crippen LogP contribution >= 0.6 is 11.6 Å². The number of hydrogen-bond acceptors (Lipinski definition) is 5. The number of ether oxygens (including phenoxy) is 2. The molecule has 1 amide bonds. The number of benzene rings is 3. The smallest absolute Gasteiger partial charge is 0.264 e. The maximum Gasteiger partial charge on any atom is 0.264 e. The molecular weight excluding hydrogens is 452 g/mol. The average molecular weight is 475 g/mol. The second-order valence-corrected chi connectivity index (χ2v) is 9.37. The van der Waals surface area contributed by atoms with E-state index in [-0.39, 0.29) is 11.5 Å². The van der Waals surface area contributed by atoms with Crippen molar-refractivity contribution in [3.05, 3.63) is 77.3 Å². The molecule has 3 aromatic carbocycles. The number of carbonyl (C=O) groups is 1. The van der Waals surface area contributed by atoms with E-state index in [1.165, 1.54) is 18.5 Å². The average Bonchev–Trinajstić information content (AvgIpc) is 2.78. The van der Waals surface area contributed by atoms with Gasteiger partial charge in [-0.1, -0.05) is 29.3 Å². The highest BCUT2D eigenvalue weighted by Gasteiger charge is 2.21. The van der Waals surface area contributed by atoms with Gasteiger partial charge in [-0.05, 0) is 61.5 Å². The van der Waals surface area contributed by atoms with Gasteiger partial charge in [-0.25, -0.2) is 8.42 Å². The number of methoxy groups -OCH3 is 1. The third kappa shape index (κ3) is 5.52. The van der Waals surface area contributed by atoms with Gasteiger partial charge in [-0.2, -0.15) is 0 Å². The highest BCUT2D eigenvalue weighted by Crippen LogP contribution is 2.28. The van der Waals surface area contributed by atoms with Crippen LogP contribution in [0.1, 0.15) is 5.56 Å². The summed E-state index contributed by atoms with van der Waals surface area (Å²) in [5.74, 6) is 0.502. The van der Waals surface area contributed by atoms with E-state index in [4.69, 9.17) is 21.1 Å². The van der Waals surface area contributed by atoms with Crippen molar-refractivity contribution in [2.45, 2.75) is 11.8 Å². The van der Waals surface area contributed by atoms with Gasteiger partial charge in [0.15, 0.2) is 6.61 Å². The first kappa shape index (κ1) is 23.4. The van der Waals surface area contributed by atoms with Crippen LogP contribution in [0.2, 0.25) is 5.02 Å². The van der Waals surface area contributed by atoms with Crippen LogP contribution in [0.3, 0.4) is 0 Å². The van der Waals surface area contributed by atoms with Gasteiger partial charge in [0.2, 0.25) is 0 Å². The Labute approximate surface area is 192 Å². The van der Waals surface area contributed by atoms with Crippen LogP contribution in [-0.2, 0) is 14.8 Å². The van der Waals surface area contributed by atoms with Gasteiger partial charge in [0, 0.05) is 12.1 Å². The molecule has 0 unspecified atom stereocenters. The van der Waals surface area contributed by atoms with Crippen molar-refractivity contribution in [1.29, 1.82) is 0 Å². The summed E-state index contributed by atoms with van der Waals surface area (Å²) in [7, 11) is -0.710. The van der Waals surface area contributed by atoms with Crippen LogP contribution in [-0.4, -0.2) is 35.1 Å². The van der Waals surface area contributed by atoms with Gasteiger partial charge >= 0.3 is 0 Å². The topological polar surface area (TPSA) is 84.9 Å². The van der Waals surface area contributed by atoms with Crippen LogP contribution in [0, 0.1) is 6.92 Å². The van der Waals surface area contributed by atoms with Gasteiger partial charge in [0.25, 0.3) is 15.9 Å². The molecule has 0 heterocycles. The molecule has 0 radical (unpaired) electrons. The van der Waals surface area contributed by atoms with Crippen LogP contribution in [0.25, 0.3) is 0 Å². The molecule has 168 valence electrons. The molecule has 9 heteroatoms. The minimum atomic E-state index is -3.69. The quantitative estimate of drug-likeness (QED) is 0.519. The number of halogens is 1. The minimum absolute atomic E-state index is 0.207. The lowest BCUT2D eigenvalue weighted by Gasteiger charge is -2.20. The lowest BCUT2D eigenvalue weighted by atomic mass is 10.2. The van der Waals surface area contributed by atoms with E-state index in [1.807, 2.05) is 6.92 Å². The summed E-state index contributed by atoms with van der Waals surface area (Å²) in [5.41, 5.74) is 1.88. The Bertz CT molecular complexity index is 1200. The van der Waals surface area contributed by atoms with Crippen LogP contribution in [0.5, 0.6) is 11.5 Å². The highest BCUT2D eigenvalue weighted by atomic mass is 35.5. The largest absolute Gasteiger partial charge is 0.495 e. The van der Waals surface area contributed by atoms with Crippen LogP contribution in [0.4, 0.5) is 11.4 Å². The van der Waals surface area contributed by atoms with Crippen molar-refractivity contribution in [2.75, 3.05) is 30.4 Å². The summed E-state index contributed by atoms with van der Waals surface area (Å²) < 4.78 is 37.5. The summed E-state index contributed by atoms with van der Waals surface area (Å²) in [5, 5.41) is 3.14. The van der Waals surface area contributed by atoms with Gasteiger partial charge in [-0.15, -0.1) is 0 Å². The van der Waals surface area contributed by atoms with E-state index in [0.29, 0.717) is 27.9 Å². The number of aryl methyl sites for hydroxylation is 1. The number of anilines is 2. The SMILES string of the molecule is COc1ccc(Cl)cc1NC(=O)COc1ccc(N(C)S(=O)(=O)c2ccc(C)cc2)cc1. The predicted octanol–water partition coefficient (Wildman–Crippen LogP) is 4.50. The molecule has 0 aliphatic heterocycles. The van der Waals surface area contributed by atoms with Crippen molar-refractivity contribution in [3.8, 4) is 11.5 Å². The van der Waals surface area contributed by atoms with Crippen molar-refractivity contribution >= 4 is 38.9 Å². The first-order valence-corrected chi connectivity index (χ1v) is 11.4. The fourth-order valence-electron chi connectivity index (χ4n) is 2.87. The molecule has 0 bridgehead atoms. The first-order chi connectivity index (χ1) is 15.2. The van der Waals surface area contributed by atoms with Crippen LogP contribution < -0.4 is 19.1 Å². The van der Waals surface area contributed by atoms with Crippen molar-refractivity contribution < 1.29 is 22.7 Å². The Morgan fingerprint density at radius 2 is 1.69 bits per heavy atom. The number of rotatable bonds is 8. The molecule has 7 nitrogen and oxygen atoms in total. The molecule has 1 N–H and O–H groups in total. The minimum Gasteiger partial charge on any atom is -0.495 e. The number of carbonyl (C=O) groups excluding carboxylic acids is 1. The lowest BCUT2D eigenvalue weighted by molar-refractivity contribution is -0.118. The van der Waals surface area contributed by atoms with Crippen LogP contribution in [0.15, 0.2) is 71.6 Å².